The average Bonchev–Trinajstić information content (AvgIpc) is 3.60. The topological polar surface area (TPSA) is 58.6 Å². The van der Waals surface area contributed by atoms with Crippen LogP contribution < -0.4 is 28.4 Å². The Kier molecular flexibility index (Phi) is 4.98. The highest BCUT2D eigenvalue weighted by atomic mass is 16.7. The molecule has 176 valence electrons. The zero-order chi connectivity index (χ0) is 22.6. The Hall–Kier alpha value is -2.80. The fourth-order valence-corrected chi connectivity index (χ4v) is 6.46. The lowest BCUT2D eigenvalue weighted by molar-refractivity contribution is -0.117. The van der Waals surface area contributed by atoms with Crippen LogP contribution in [-0.2, 0) is 0 Å². The number of benzene rings is 2. The second-order valence-corrected chi connectivity index (χ2v) is 9.32. The second kappa shape index (κ2) is 7.90. The van der Waals surface area contributed by atoms with Gasteiger partial charge < -0.3 is 28.4 Å². The molecule has 0 amide bonds. The van der Waals surface area contributed by atoms with Gasteiger partial charge >= 0.3 is 0 Å². The van der Waals surface area contributed by atoms with Crippen molar-refractivity contribution >= 4 is 0 Å². The molecule has 0 unspecified atom stereocenters. The molecule has 6 rings (SSSR count). The van der Waals surface area contributed by atoms with Crippen LogP contribution in [0.1, 0.15) is 49.1 Å². The molecule has 0 radical (unpaired) electrons. The molecule has 4 aliphatic rings. The monoisotopic (exact) mass is 453 g/mol. The summed E-state index contributed by atoms with van der Waals surface area (Å²) in [6.07, 6.45) is 5.72. The van der Waals surface area contributed by atoms with E-state index in [0.29, 0.717) is 23.2 Å². The fourth-order valence-electron chi connectivity index (χ4n) is 6.46. The van der Waals surface area contributed by atoms with E-state index in [2.05, 4.69) is 23.1 Å². The van der Waals surface area contributed by atoms with E-state index in [1.165, 1.54) is 12.8 Å². The number of methoxy groups -OCH3 is 3. The van der Waals surface area contributed by atoms with Gasteiger partial charge in [-0.25, -0.2) is 0 Å². The highest BCUT2D eigenvalue weighted by Gasteiger charge is 2.57. The Bertz CT molecular complexity index is 1040. The van der Waals surface area contributed by atoms with Gasteiger partial charge in [0.05, 0.1) is 21.3 Å². The van der Waals surface area contributed by atoms with Crippen LogP contribution in [0.4, 0.5) is 0 Å². The molecule has 2 fully saturated rings. The number of hydrogen-bond acceptors (Lipinski definition) is 7. The van der Waals surface area contributed by atoms with Crippen LogP contribution in [0.25, 0.3) is 0 Å². The number of rotatable bonds is 5. The first-order chi connectivity index (χ1) is 16.2. The minimum absolute atomic E-state index is 0.111. The lowest BCUT2D eigenvalue weighted by Crippen LogP contribution is -2.58. The van der Waals surface area contributed by atoms with Crippen LogP contribution in [0.15, 0.2) is 24.3 Å². The van der Waals surface area contributed by atoms with Crippen molar-refractivity contribution in [3.05, 3.63) is 35.4 Å². The predicted molar refractivity (Wildman–Crippen MR) is 122 cm³/mol. The average molecular weight is 454 g/mol. The zero-order valence-corrected chi connectivity index (χ0v) is 19.5. The van der Waals surface area contributed by atoms with Gasteiger partial charge in [-0.05, 0) is 49.4 Å². The maximum Gasteiger partial charge on any atom is 0.231 e. The van der Waals surface area contributed by atoms with Crippen LogP contribution in [0.5, 0.6) is 34.5 Å². The molecule has 1 saturated heterocycles. The normalized spacial score (nSPS) is 27.6. The molecular formula is C26H31NO6. The van der Waals surface area contributed by atoms with Crippen LogP contribution in [0.3, 0.4) is 0 Å². The first-order valence-electron chi connectivity index (χ1n) is 11.9. The molecule has 0 aromatic heterocycles. The van der Waals surface area contributed by atoms with Gasteiger partial charge in [-0.2, -0.15) is 0 Å². The summed E-state index contributed by atoms with van der Waals surface area (Å²) in [6, 6.07) is 8.32. The summed E-state index contributed by atoms with van der Waals surface area (Å²) in [5.74, 6) is 4.80. The van der Waals surface area contributed by atoms with Crippen molar-refractivity contribution < 1.29 is 28.4 Å². The van der Waals surface area contributed by atoms with E-state index in [9.17, 15) is 0 Å². The number of likely N-dealkylation sites (tertiary alicyclic amines) is 1. The van der Waals surface area contributed by atoms with E-state index in [1.54, 1.807) is 21.3 Å². The summed E-state index contributed by atoms with van der Waals surface area (Å²) >= 11 is 0. The van der Waals surface area contributed by atoms with Crippen LogP contribution in [-0.4, -0.2) is 51.8 Å². The number of ether oxygens (including phenoxy) is 6. The second-order valence-electron chi connectivity index (χ2n) is 9.32. The van der Waals surface area contributed by atoms with Gasteiger partial charge in [0.1, 0.15) is 5.75 Å². The van der Waals surface area contributed by atoms with Crippen molar-refractivity contribution in [3.8, 4) is 34.5 Å². The first-order valence-corrected chi connectivity index (χ1v) is 11.9. The molecule has 0 bridgehead atoms. The summed E-state index contributed by atoms with van der Waals surface area (Å²) in [4.78, 5) is 2.59. The molecule has 3 heterocycles. The van der Waals surface area contributed by atoms with E-state index in [0.717, 1.165) is 60.7 Å². The third-order valence-corrected chi connectivity index (χ3v) is 7.85. The van der Waals surface area contributed by atoms with E-state index >= 15 is 0 Å². The van der Waals surface area contributed by atoms with Gasteiger partial charge in [0, 0.05) is 43.0 Å². The zero-order valence-electron chi connectivity index (χ0n) is 19.5. The number of nitrogens with zero attached hydrogens (tertiary/aromatic N) is 1. The van der Waals surface area contributed by atoms with E-state index in [1.807, 2.05) is 6.07 Å². The Balaban J connectivity index is 1.56. The molecular weight excluding hydrogens is 422 g/mol. The SMILES string of the molecule is COc1cc([C@@H]2c3cc4c(cc3O[C@@]3(N5CCCC5)CCC[C@@H]23)OCO4)cc(OC)c1OC. The molecule has 33 heavy (non-hydrogen) atoms. The first kappa shape index (κ1) is 20.8. The minimum Gasteiger partial charge on any atom is -0.493 e. The molecule has 3 aliphatic heterocycles. The summed E-state index contributed by atoms with van der Waals surface area (Å²) in [5.41, 5.74) is 1.97. The van der Waals surface area contributed by atoms with Crippen molar-refractivity contribution in [2.75, 3.05) is 41.2 Å². The maximum atomic E-state index is 6.97. The third kappa shape index (κ3) is 3.05. The highest BCUT2D eigenvalue weighted by Crippen LogP contribution is 2.59. The van der Waals surface area contributed by atoms with Gasteiger partial charge in [0.15, 0.2) is 28.7 Å². The standard InChI is InChI=1S/C26H31NO6/c1-28-22-11-16(12-23(29-2)25(22)30-3)24-17-13-20-21(32-15-31-20)14-19(17)33-26(8-6-7-18(24)26)27-9-4-5-10-27/h11-14,18,24H,4-10,15H2,1-3H3/t18-,24+,26-/m0/s1. The Morgan fingerprint density at radius 1 is 0.848 bits per heavy atom. The largest absolute Gasteiger partial charge is 0.493 e. The number of fused-ring (bicyclic) bond motifs is 3. The van der Waals surface area contributed by atoms with E-state index < -0.39 is 0 Å². The predicted octanol–water partition coefficient (Wildman–Crippen LogP) is 4.56. The molecule has 7 heteroatoms. The van der Waals surface area contributed by atoms with Crippen molar-refractivity contribution in [2.45, 2.75) is 43.7 Å². The number of hydrogen-bond donors (Lipinski definition) is 0. The molecule has 7 nitrogen and oxygen atoms in total. The molecule has 2 aromatic carbocycles. The summed E-state index contributed by atoms with van der Waals surface area (Å²) in [5, 5.41) is 0. The van der Waals surface area contributed by atoms with E-state index in [4.69, 9.17) is 28.4 Å². The van der Waals surface area contributed by atoms with Gasteiger partial charge in [-0.15, -0.1) is 0 Å². The minimum atomic E-state index is -0.303. The molecule has 0 spiro atoms. The Morgan fingerprint density at radius 3 is 2.21 bits per heavy atom. The van der Waals surface area contributed by atoms with Gasteiger partial charge in [-0.1, -0.05) is 0 Å². The maximum absolute atomic E-state index is 6.97. The summed E-state index contributed by atoms with van der Waals surface area (Å²) < 4.78 is 35.5. The Morgan fingerprint density at radius 2 is 1.55 bits per heavy atom. The summed E-state index contributed by atoms with van der Waals surface area (Å²) in [6.45, 7) is 2.41. The Labute approximate surface area is 194 Å². The molecule has 1 aliphatic carbocycles. The van der Waals surface area contributed by atoms with Crippen LogP contribution in [0, 0.1) is 5.92 Å². The molecule has 2 aromatic rings. The third-order valence-electron chi connectivity index (χ3n) is 7.85. The van der Waals surface area contributed by atoms with Crippen LogP contribution in [0.2, 0.25) is 0 Å². The van der Waals surface area contributed by atoms with Crippen molar-refractivity contribution in [1.82, 2.24) is 4.90 Å². The van der Waals surface area contributed by atoms with E-state index in [-0.39, 0.29) is 18.4 Å². The van der Waals surface area contributed by atoms with Crippen molar-refractivity contribution in [3.63, 3.8) is 0 Å². The highest BCUT2D eigenvalue weighted by molar-refractivity contribution is 5.60. The van der Waals surface area contributed by atoms with Gasteiger partial charge in [-0.3, -0.25) is 4.90 Å². The molecule has 0 N–H and O–H groups in total. The molecule has 3 atom stereocenters. The van der Waals surface area contributed by atoms with Gasteiger partial charge in [0.25, 0.3) is 0 Å². The van der Waals surface area contributed by atoms with Crippen molar-refractivity contribution in [2.24, 2.45) is 5.92 Å². The summed E-state index contributed by atoms with van der Waals surface area (Å²) in [7, 11) is 4.97. The lowest BCUT2D eigenvalue weighted by Gasteiger charge is -2.50. The van der Waals surface area contributed by atoms with Crippen molar-refractivity contribution in [1.29, 1.82) is 0 Å². The fraction of sp³-hybridized carbons (Fsp3) is 0.538. The van der Waals surface area contributed by atoms with Crippen LogP contribution >= 0.6 is 0 Å². The lowest BCUT2D eigenvalue weighted by atomic mass is 9.73. The quantitative estimate of drug-likeness (QED) is 0.658. The molecule has 1 saturated carbocycles. The van der Waals surface area contributed by atoms with Gasteiger partial charge in [0.2, 0.25) is 12.5 Å². The smallest absolute Gasteiger partial charge is 0.231 e.